The molecule has 0 fully saturated rings. The summed E-state index contributed by atoms with van der Waals surface area (Å²) in [4.78, 5) is 15.1. The summed E-state index contributed by atoms with van der Waals surface area (Å²) in [5.74, 6) is -0.00424. The first-order chi connectivity index (χ1) is 9.88. The van der Waals surface area contributed by atoms with Gasteiger partial charge in [-0.05, 0) is 42.8 Å². The fourth-order valence-electron chi connectivity index (χ4n) is 1.63. The van der Waals surface area contributed by atoms with Gasteiger partial charge in [0.15, 0.2) is 17.6 Å². The van der Waals surface area contributed by atoms with E-state index in [9.17, 15) is 9.90 Å². The van der Waals surface area contributed by atoms with E-state index in [1.54, 1.807) is 12.1 Å². The number of aromatic nitrogens is 1. The molecule has 1 heterocycles. The largest absolute Gasteiger partial charge is 0.504 e. The Hall–Kier alpha value is -1.49. The van der Waals surface area contributed by atoms with E-state index in [-0.39, 0.29) is 11.5 Å². The van der Waals surface area contributed by atoms with Crippen LogP contribution >= 0.6 is 34.8 Å². The van der Waals surface area contributed by atoms with Crippen molar-refractivity contribution in [3.05, 3.63) is 40.5 Å². The molecule has 0 aliphatic heterocycles. The average Bonchev–Trinajstić information content (AvgIpc) is 2.41. The molecule has 0 amide bonds. The molecule has 2 rings (SSSR count). The number of ether oxygens (including phenoxy) is 1. The Labute approximate surface area is 136 Å². The summed E-state index contributed by atoms with van der Waals surface area (Å²) >= 11 is 17.2. The minimum absolute atomic E-state index is 0.144. The van der Waals surface area contributed by atoms with Crippen LogP contribution in [-0.4, -0.2) is 21.4 Å². The number of pyridine rings is 1. The molecule has 2 aromatic rings. The number of phenols is 1. The smallest absolute Gasteiger partial charge is 0.262 e. The lowest BCUT2D eigenvalue weighted by atomic mass is 10.1. The molecule has 1 atom stereocenters. The summed E-state index contributed by atoms with van der Waals surface area (Å²) < 4.78 is 5.24. The summed E-state index contributed by atoms with van der Waals surface area (Å²) in [6.07, 6.45) is 0.596. The molecule has 0 bridgehead atoms. The van der Waals surface area contributed by atoms with Crippen LogP contribution in [-0.2, 0) is 4.79 Å². The number of hydrogen-bond donors (Lipinski definition) is 1. The highest BCUT2D eigenvalue weighted by atomic mass is 35.5. The van der Waals surface area contributed by atoms with Crippen molar-refractivity contribution in [1.29, 1.82) is 0 Å². The van der Waals surface area contributed by atoms with Crippen LogP contribution in [0.1, 0.15) is 6.92 Å². The number of nitrogens with zero attached hydrogens (tertiary/aromatic N) is 1. The monoisotopic (exact) mass is 345 g/mol. The van der Waals surface area contributed by atoms with E-state index >= 15 is 0 Å². The number of aromatic hydroxyl groups is 1. The highest BCUT2D eigenvalue weighted by molar-refractivity contribution is 6.64. The molecule has 110 valence electrons. The molecule has 0 saturated heterocycles. The molecule has 7 heteroatoms. The zero-order valence-corrected chi connectivity index (χ0v) is 13.1. The first kappa shape index (κ1) is 15.9. The van der Waals surface area contributed by atoms with E-state index in [1.165, 1.54) is 25.3 Å². The van der Waals surface area contributed by atoms with Gasteiger partial charge in [0.2, 0.25) is 0 Å². The number of carbonyl (C=O) groups is 1. The second kappa shape index (κ2) is 6.52. The number of benzene rings is 1. The van der Waals surface area contributed by atoms with Gasteiger partial charge in [-0.3, -0.25) is 9.78 Å². The second-order valence-corrected chi connectivity index (χ2v) is 5.45. The Morgan fingerprint density at radius 2 is 2.05 bits per heavy atom. The van der Waals surface area contributed by atoms with Crippen LogP contribution in [0.5, 0.6) is 11.5 Å². The third kappa shape index (κ3) is 3.79. The number of phenolic OH excluding ortho intramolecular Hbond substituents is 1. The molecule has 21 heavy (non-hydrogen) atoms. The fourth-order valence-corrected chi connectivity index (χ4v) is 2.16. The van der Waals surface area contributed by atoms with Gasteiger partial charge < -0.3 is 9.84 Å². The van der Waals surface area contributed by atoms with Gasteiger partial charge in [0.05, 0.1) is 15.7 Å². The van der Waals surface area contributed by atoms with Gasteiger partial charge in [-0.15, -0.1) is 0 Å². The molecule has 1 aromatic heterocycles. The molecular weight excluding hydrogens is 337 g/mol. The van der Waals surface area contributed by atoms with Crippen molar-refractivity contribution in [3.8, 4) is 22.8 Å². The van der Waals surface area contributed by atoms with Crippen molar-refractivity contribution < 1.29 is 14.6 Å². The van der Waals surface area contributed by atoms with E-state index in [2.05, 4.69) is 4.98 Å². The van der Waals surface area contributed by atoms with Gasteiger partial charge in [-0.1, -0.05) is 23.2 Å². The first-order valence-electron chi connectivity index (χ1n) is 5.89. The molecule has 0 aliphatic rings. The maximum atomic E-state index is 10.9. The minimum atomic E-state index is -0.860. The Kier molecular flexibility index (Phi) is 4.93. The summed E-state index contributed by atoms with van der Waals surface area (Å²) in [5, 5.41) is 10.1. The van der Waals surface area contributed by atoms with Crippen molar-refractivity contribution in [2.24, 2.45) is 0 Å². The predicted molar refractivity (Wildman–Crippen MR) is 82.3 cm³/mol. The third-order valence-electron chi connectivity index (χ3n) is 2.66. The van der Waals surface area contributed by atoms with Crippen LogP contribution in [0.25, 0.3) is 11.3 Å². The lowest BCUT2D eigenvalue weighted by molar-refractivity contribution is -0.117. The van der Waals surface area contributed by atoms with Crippen molar-refractivity contribution in [2.45, 2.75) is 13.0 Å². The van der Waals surface area contributed by atoms with Crippen molar-refractivity contribution in [2.75, 3.05) is 0 Å². The first-order valence-corrected chi connectivity index (χ1v) is 7.02. The summed E-state index contributed by atoms with van der Waals surface area (Å²) in [6.45, 7) is 1.49. The third-order valence-corrected chi connectivity index (χ3v) is 3.47. The van der Waals surface area contributed by atoms with Gasteiger partial charge in [0.1, 0.15) is 0 Å². The quantitative estimate of drug-likeness (QED) is 0.839. The van der Waals surface area contributed by atoms with E-state index in [1.807, 2.05) is 0 Å². The van der Waals surface area contributed by atoms with E-state index in [0.29, 0.717) is 21.3 Å². The number of rotatable bonds is 4. The maximum Gasteiger partial charge on any atom is 0.262 e. The predicted octanol–water partition coefficient (Wildman–Crippen LogP) is 4.29. The SMILES string of the molecule is CC(Oc1ccc(-c2ncc(Cl)cc2Cl)cc1O)C(=O)Cl. The van der Waals surface area contributed by atoms with Gasteiger partial charge in [0.25, 0.3) is 5.24 Å². The number of carbonyl (C=O) groups excluding carboxylic acids is 1. The molecule has 0 saturated carbocycles. The standard InChI is InChI=1S/C14H10Cl3NO3/c1-7(14(17)20)21-12-3-2-8(4-11(12)19)13-10(16)5-9(15)6-18-13/h2-7,19H,1H3. The van der Waals surface area contributed by atoms with E-state index < -0.39 is 11.3 Å². The van der Waals surface area contributed by atoms with Crippen molar-refractivity contribution in [1.82, 2.24) is 4.98 Å². The Balaban J connectivity index is 2.32. The lowest BCUT2D eigenvalue weighted by Gasteiger charge is -2.13. The fraction of sp³-hybridized carbons (Fsp3) is 0.143. The van der Waals surface area contributed by atoms with Crippen molar-refractivity contribution >= 4 is 40.0 Å². The molecule has 0 radical (unpaired) electrons. The molecule has 0 spiro atoms. The van der Waals surface area contributed by atoms with Crippen LogP contribution in [0.15, 0.2) is 30.5 Å². The summed E-state index contributed by atoms with van der Waals surface area (Å²) in [7, 11) is 0. The Bertz CT molecular complexity index is 691. The van der Waals surface area contributed by atoms with Gasteiger partial charge in [0, 0.05) is 11.8 Å². The number of halogens is 3. The van der Waals surface area contributed by atoms with Crippen LogP contribution in [0.2, 0.25) is 10.0 Å². The second-order valence-electron chi connectivity index (χ2n) is 4.23. The van der Waals surface area contributed by atoms with Crippen LogP contribution in [0.3, 0.4) is 0 Å². The van der Waals surface area contributed by atoms with Crippen LogP contribution in [0.4, 0.5) is 0 Å². The highest BCUT2D eigenvalue weighted by Gasteiger charge is 2.15. The number of hydrogen-bond acceptors (Lipinski definition) is 4. The highest BCUT2D eigenvalue weighted by Crippen LogP contribution is 2.34. The van der Waals surface area contributed by atoms with E-state index in [4.69, 9.17) is 39.5 Å². The minimum Gasteiger partial charge on any atom is -0.504 e. The maximum absolute atomic E-state index is 10.9. The topological polar surface area (TPSA) is 59.4 Å². The van der Waals surface area contributed by atoms with Crippen molar-refractivity contribution in [3.63, 3.8) is 0 Å². The zero-order chi connectivity index (χ0) is 15.6. The van der Waals surface area contributed by atoms with E-state index in [0.717, 1.165) is 0 Å². The normalized spacial score (nSPS) is 12.0. The van der Waals surface area contributed by atoms with Gasteiger partial charge in [-0.2, -0.15) is 0 Å². The molecular formula is C14H10Cl3NO3. The molecule has 1 N–H and O–H groups in total. The molecule has 1 aromatic carbocycles. The molecule has 0 aliphatic carbocycles. The van der Waals surface area contributed by atoms with Gasteiger partial charge in [-0.25, -0.2) is 0 Å². The molecule has 1 unspecified atom stereocenters. The zero-order valence-electron chi connectivity index (χ0n) is 10.8. The van der Waals surface area contributed by atoms with Crippen LogP contribution in [0, 0.1) is 0 Å². The molecule has 4 nitrogen and oxygen atoms in total. The van der Waals surface area contributed by atoms with Gasteiger partial charge >= 0.3 is 0 Å². The lowest BCUT2D eigenvalue weighted by Crippen LogP contribution is -2.18. The Morgan fingerprint density at radius 1 is 1.33 bits per heavy atom. The van der Waals surface area contributed by atoms with Crippen LogP contribution < -0.4 is 4.74 Å². The Morgan fingerprint density at radius 3 is 2.62 bits per heavy atom. The average molecular weight is 347 g/mol. The summed E-state index contributed by atoms with van der Waals surface area (Å²) in [5.41, 5.74) is 1.07. The summed E-state index contributed by atoms with van der Waals surface area (Å²) in [6, 6.07) is 6.15.